The normalized spacial score (nSPS) is 54.6. The first-order chi connectivity index (χ1) is 9.53. The summed E-state index contributed by atoms with van der Waals surface area (Å²) in [6.07, 6.45) is 11.6. The Kier molecular flexibility index (Phi) is 2.79. The van der Waals surface area contributed by atoms with Gasteiger partial charge in [-0.15, -0.1) is 0 Å². The van der Waals surface area contributed by atoms with Crippen molar-refractivity contribution in [2.45, 2.75) is 77.2 Å². The van der Waals surface area contributed by atoms with Crippen LogP contribution in [0.2, 0.25) is 0 Å². The molecule has 0 N–H and O–H groups in total. The van der Waals surface area contributed by atoms with Gasteiger partial charge in [-0.05, 0) is 68.6 Å². The van der Waals surface area contributed by atoms with Gasteiger partial charge in [-0.1, -0.05) is 19.8 Å². The van der Waals surface area contributed by atoms with Gasteiger partial charge in [-0.3, -0.25) is 4.79 Å². The average Bonchev–Trinajstić information content (AvgIpc) is 2.72. The molecule has 112 valence electrons. The van der Waals surface area contributed by atoms with Gasteiger partial charge >= 0.3 is 5.97 Å². The SMILES string of the molecule is C[C@]12CCCC[C@@H]1CC[C@@H]1[C@@H]2CC[C@]2(C)OC(=O)C[C@@H]12. The van der Waals surface area contributed by atoms with E-state index in [0.717, 1.165) is 24.2 Å². The Bertz CT molecular complexity index is 431. The summed E-state index contributed by atoms with van der Waals surface area (Å²) in [4.78, 5) is 11.8. The van der Waals surface area contributed by atoms with Crippen molar-refractivity contribution in [3.05, 3.63) is 0 Å². The van der Waals surface area contributed by atoms with Crippen LogP contribution < -0.4 is 0 Å². The van der Waals surface area contributed by atoms with Gasteiger partial charge in [0.2, 0.25) is 0 Å². The second kappa shape index (κ2) is 4.24. The molecule has 4 aliphatic rings. The zero-order valence-corrected chi connectivity index (χ0v) is 13.0. The number of rotatable bonds is 0. The Labute approximate surface area is 122 Å². The molecule has 0 bridgehead atoms. The fourth-order valence-corrected chi connectivity index (χ4v) is 6.56. The molecule has 0 radical (unpaired) electrons. The van der Waals surface area contributed by atoms with Crippen molar-refractivity contribution in [1.29, 1.82) is 0 Å². The lowest BCUT2D eigenvalue weighted by molar-refractivity contribution is -0.158. The number of fused-ring (bicyclic) bond motifs is 5. The average molecular weight is 276 g/mol. The summed E-state index contributed by atoms with van der Waals surface area (Å²) < 4.78 is 5.73. The molecule has 0 unspecified atom stereocenters. The van der Waals surface area contributed by atoms with Crippen LogP contribution in [0.5, 0.6) is 0 Å². The fourth-order valence-electron chi connectivity index (χ4n) is 6.56. The van der Waals surface area contributed by atoms with Gasteiger partial charge in [0.15, 0.2) is 0 Å². The number of carbonyl (C=O) groups is 1. The molecule has 0 aromatic rings. The summed E-state index contributed by atoms with van der Waals surface area (Å²) in [5.41, 5.74) is 0.435. The van der Waals surface area contributed by atoms with Crippen molar-refractivity contribution >= 4 is 5.97 Å². The molecule has 6 atom stereocenters. The Morgan fingerprint density at radius 2 is 1.85 bits per heavy atom. The first-order valence-electron chi connectivity index (χ1n) is 8.75. The maximum Gasteiger partial charge on any atom is 0.306 e. The van der Waals surface area contributed by atoms with Crippen LogP contribution in [0.25, 0.3) is 0 Å². The molecule has 4 fully saturated rings. The smallest absolute Gasteiger partial charge is 0.306 e. The lowest BCUT2D eigenvalue weighted by Crippen LogP contribution is -2.53. The zero-order valence-electron chi connectivity index (χ0n) is 13.0. The highest BCUT2D eigenvalue weighted by Gasteiger charge is 2.59. The number of esters is 1. The molecular weight excluding hydrogens is 248 g/mol. The fraction of sp³-hybridized carbons (Fsp3) is 0.944. The molecule has 4 rings (SSSR count). The summed E-state index contributed by atoms with van der Waals surface area (Å²) >= 11 is 0. The van der Waals surface area contributed by atoms with Crippen molar-refractivity contribution in [3.63, 3.8) is 0 Å². The van der Waals surface area contributed by atoms with Crippen molar-refractivity contribution in [1.82, 2.24) is 0 Å². The highest BCUT2D eigenvalue weighted by atomic mass is 16.6. The maximum atomic E-state index is 11.8. The van der Waals surface area contributed by atoms with Crippen molar-refractivity contribution in [3.8, 4) is 0 Å². The molecule has 0 amide bonds. The number of carbonyl (C=O) groups excluding carboxylic acids is 1. The lowest BCUT2D eigenvalue weighted by atomic mass is 9.46. The van der Waals surface area contributed by atoms with Crippen molar-refractivity contribution in [2.24, 2.45) is 29.1 Å². The molecule has 1 heterocycles. The minimum Gasteiger partial charge on any atom is -0.459 e. The van der Waals surface area contributed by atoms with Gasteiger partial charge in [0, 0.05) is 5.92 Å². The van der Waals surface area contributed by atoms with E-state index >= 15 is 0 Å². The van der Waals surface area contributed by atoms with Gasteiger partial charge in [0.1, 0.15) is 5.60 Å². The van der Waals surface area contributed by atoms with Crippen molar-refractivity contribution < 1.29 is 9.53 Å². The molecule has 3 aliphatic carbocycles. The Morgan fingerprint density at radius 1 is 1.00 bits per heavy atom. The topological polar surface area (TPSA) is 26.3 Å². The molecule has 0 aromatic heterocycles. The van der Waals surface area contributed by atoms with Crippen LogP contribution in [0.4, 0.5) is 0 Å². The van der Waals surface area contributed by atoms with E-state index in [-0.39, 0.29) is 11.6 Å². The monoisotopic (exact) mass is 276 g/mol. The van der Waals surface area contributed by atoms with E-state index in [0.29, 0.717) is 17.8 Å². The predicted molar refractivity (Wildman–Crippen MR) is 78.1 cm³/mol. The van der Waals surface area contributed by atoms with Crippen LogP contribution in [0, 0.1) is 29.1 Å². The van der Waals surface area contributed by atoms with Crippen LogP contribution in [-0.2, 0) is 9.53 Å². The second-order valence-corrected chi connectivity index (χ2v) is 8.43. The first kappa shape index (κ1) is 13.2. The summed E-state index contributed by atoms with van der Waals surface area (Å²) in [5.74, 6) is 3.14. The summed E-state index contributed by atoms with van der Waals surface area (Å²) in [7, 11) is 0. The molecule has 20 heavy (non-hydrogen) atoms. The standard InChI is InChI=1S/C18H28O2/c1-17-9-4-3-5-12(17)6-7-13-14(17)8-10-18(2)15(13)11-16(19)20-18/h12-15H,3-11H2,1-2H3/t12-,13-,14+,15+,17+,18+/m1/s1. The van der Waals surface area contributed by atoms with E-state index in [9.17, 15) is 4.79 Å². The van der Waals surface area contributed by atoms with Crippen molar-refractivity contribution in [2.75, 3.05) is 0 Å². The van der Waals surface area contributed by atoms with Crippen LogP contribution in [-0.4, -0.2) is 11.6 Å². The first-order valence-corrected chi connectivity index (χ1v) is 8.75. The number of ether oxygens (including phenoxy) is 1. The molecular formula is C18H28O2. The predicted octanol–water partition coefficient (Wildman–Crippen LogP) is 4.32. The van der Waals surface area contributed by atoms with Crippen LogP contribution >= 0.6 is 0 Å². The maximum absolute atomic E-state index is 11.8. The van der Waals surface area contributed by atoms with E-state index in [2.05, 4.69) is 13.8 Å². The molecule has 0 spiro atoms. The van der Waals surface area contributed by atoms with Gasteiger partial charge in [0.25, 0.3) is 0 Å². The third-order valence-corrected chi connectivity index (χ3v) is 7.65. The highest BCUT2D eigenvalue weighted by Crippen LogP contribution is 2.63. The molecule has 1 aliphatic heterocycles. The van der Waals surface area contributed by atoms with E-state index in [1.807, 2.05) is 0 Å². The second-order valence-electron chi connectivity index (χ2n) is 8.43. The van der Waals surface area contributed by atoms with E-state index in [4.69, 9.17) is 4.74 Å². The molecule has 1 saturated heterocycles. The zero-order chi connectivity index (χ0) is 14.0. The molecule has 2 heteroatoms. The van der Waals surface area contributed by atoms with Gasteiger partial charge in [0.05, 0.1) is 6.42 Å². The van der Waals surface area contributed by atoms with Crippen LogP contribution in [0.15, 0.2) is 0 Å². The number of hydrogen-bond donors (Lipinski definition) is 0. The van der Waals surface area contributed by atoms with Gasteiger partial charge in [-0.2, -0.15) is 0 Å². The van der Waals surface area contributed by atoms with Crippen LogP contribution in [0.3, 0.4) is 0 Å². The minimum absolute atomic E-state index is 0.0640. The molecule has 0 aromatic carbocycles. The third kappa shape index (κ3) is 1.66. The third-order valence-electron chi connectivity index (χ3n) is 7.65. The minimum atomic E-state index is -0.129. The summed E-state index contributed by atoms with van der Waals surface area (Å²) in [6.45, 7) is 4.78. The summed E-state index contributed by atoms with van der Waals surface area (Å²) in [6, 6.07) is 0. The van der Waals surface area contributed by atoms with E-state index < -0.39 is 0 Å². The van der Waals surface area contributed by atoms with Gasteiger partial charge in [-0.25, -0.2) is 0 Å². The quantitative estimate of drug-likeness (QED) is 0.616. The lowest BCUT2D eigenvalue weighted by Gasteiger charge is -2.59. The van der Waals surface area contributed by atoms with E-state index in [1.165, 1.54) is 44.9 Å². The number of hydrogen-bond acceptors (Lipinski definition) is 2. The highest BCUT2D eigenvalue weighted by molar-refractivity contribution is 5.73. The Balaban J connectivity index is 1.65. The molecule has 3 saturated carbocycles. The largest absolute Gasteiger partial charge is 0.459 e. The Morgan fingerprint density at radius 3 is 2.70 bits per heavy atom. The molecule has 2 nitrogen and oxygen atoms in total. The van der Waals surface area contributed by atoms with E-state index in [1.54, 1.807) is 0 Å². The summed E-state index contributed by atoms with van der Waals surface area (Å²) in [5, 5.41) is 0. The van der Waals surface area contributed by atoms with Gasteiger partial charge < -0.3 is 4.74 Å². The Hall–Kier alpha value is -0.530. The van der Waals surface area contributed by atoms with Crippen LogP contribution in [0.1, 0.15) is 71.6 Å².